The van der Waals surface area contributed by atoms with Crippen LogP contribution in [0.4, 0.5) is 0 Å². The van der Waals surface area contributed by atoms with Crippen molar-refractivity contribution in [2.45, 2.75) is 49.1 Å². The van der Waals surface area contributed by atoms with E-state index < -0.39 is 0 Å². The second kappa shape index (κ2) is 6.02. The van der Waals surface area contributed by atoms with Crippen LogP contribution >= 0.6 is 11.8 Å². The molecule has 0 bridgehead atoms. The summed E-state index contributed by atoms with van der Waals surface area (Å²) in [5, 5.41) is 3.58. The smallest absolute Gasteiger partial charge is 0.0210 e. The fourth-order valence-electron chi connectivity index (χ4n) is 2.21. The quantitative estimate of drug-likeness (QED) is 0.853. The lowest BCUT2D eigenvalue weighted by molar-refractivity contribution is 0.685. The summed E-state index contributed by atoms with van der Waals surface area (Å²) in [4.78, 5) is 2.63. The van der Waals surface area contributed by atoms with Crippen LogP contribution in [-0.2, 0) is 6.54 Å². The molecule has 2 aromatic carbocycles. The fraction of sp³-hybridized carbons (Fsp3) is 0.333. The van der Waals surface area contributed by atoms with E-state index in [1.54, 1.807) is 0 Å². The number of benzene rings is 2. The van der Waals surface area contributed by atoms with Crippen molar-refractivity contribution in [2.75, 3.05) is 0 Å². The van der Waals surface area contributed by atoms with Gasteiger partial charge in [-0.25, -0.2) is 0 Å². The van der Waals surface area contributed by atoms with Crippen molar-refractivity contribution < 1.29 is 0 Å². The minimum atomic E-state index is 0.774. The van der Waals surface area contributed by atoms with Gasteiger partial charge in [0.05, 0.1) is 0 Å². The van der Waals surface area contributed by atoms with Gasteiger partial charge in [0, 0.05) is 22.4 Å². The highest BCUT2D eigenvalue weighted by Gasteiger charge is 2.20. The number of aryl methyl sites for hydroxylation is 2. The van der Waals surface area contributed by atoms with E-state index in [2.05, 4.69) is 61.6 Å². The topological polar surface area (TPSA) is 12.0 Å². The highest BCUT2D eigenvalue weighted by molar-refractivity contribution is 7.99. The first-order chi connectivity index (χ1) is 9.70. The molecule has 1 aliphatic carbocycles. The van der Waals surface area contributed by atoms with Crippen molar-refractivity contribution in [2.24, 2.45) is 0 Å². The van der Waals surface area contributed by atoms with Crippen LogP contribution in [0.1, 0.15) is 29.5 Å². The van der Waals surface area contributed by atoms with Gasteiger partial charge < -0.3 is 5.32 Å². The fourth-order valence-corrected chi connectivity index (χ4v) is 3.13. The van der Waals surface area contributed by atoms with Crippen LogP contribution in [0.2, 0.25) is 0 Å². The molecule has 3 rings (SSSR count). The molecule has 0 spiro atoms. The Hall–Kier alpha value is -1.25. The van der Waals surface area contributed by atoms with Gasteiger partial charge in [-0.15, -0.1) is 0 Å². The van der Waals surface area contributed by atoms with E-state index in [1.165, 1.54) is 39.3 Å². The lowest BCUT2D eigenvalue weighted by Crippen LogP contribution is -2.15. The Balaban J connectivity index is 1.67. The van der Waals surface area contributed by atoms with Gasteiger partial charge in [-0.2, -0.15) is 0 Å². The number of hydrogen-bond donors (Lipinski definition) is 1. The first kappa shape index (κ1) is 13.7. The second-order valence-corrected chi connectivity index (χ2v) is 6.81. The van der Waals surface area contributed by atoms with Crippen LogP contribution in [0, 0.1) is 13.8 Å². The molecular weight excluding hydrogens is 262 g/mol. The molecular formula is C18H21NS. The molecule has 0 heterocycles. The van der Waals surface area contributed by atoms with E-state index in [0.29, 0.717) is 0 Å². The van der Waals surface area contributed by atoms with Gasteiger partial charge in [-0.1, -0.05) is 35.5 Å². The van der Waals surface area contributed by atoms with Gasteiger partial charge >= 0.3 is 0 Å². The average Bonchev–Trinajstić information content (AvgIpc) is 3.25. The zero-order chi connectivity index (χ0) is 13.9. The monoisotopic (exact) mass is 283 g/mol. The molecule has 0 unspecified atom stereocenters. The summed E-state index contributed by atoms with van der Waals surface area (Å²) >= 11 is 1.84. The van der Waals surface area contributed by atoms with E-state index in [0.717, 1.165) is 12.6 Å². The summed E-state index contributed by atoms with van der Waals surface area (Å²) in [5.74, 6) is 0. The van der Waals surface area contributed by atoms with E-state index in [9.17, 15) is 0 Å². The van der Waals surface area contributed by atoms with Crippen LogP contribution in [0.25, 0.3) is 0 Å². The van der Waals surface area contributed by atoms with E-state index in [-0.39, 0.29) is 0 Å². The Morgan fingerprint density at radius 3 is 2.35 bits per heavy atom. The van der Waals surface area contributed by atoms with Gasteiger partial charge in [-0.05, 0) is 62.1 Å². The van der Waals surface area contributed by atoms with Crippen molar-refractivity contribution in [3.8, 4) is 0 Å². The Kier molecular flexibility index (Phi) is 4.13. The zero-order valence-electron chi connectivity index (χ0n) is 12.1. The second-order valence-electron chi connectivity index (χ2n) is 5.66. The molecule has 0 radical (unpaired) electrons. The Morgan fingerprint density at radius 1 is 1.00 bits per heavy atom. The SMILES string of the molecule is Cc1ccc(Sc2ccc(CNC3CC3)c(C)c2)cc1. The lowest BCUT2D eigenvalue weighted by Gasteiger charge is -2.09. The van der Waals surface area contributed by atoms with Crippen LogP contribution in [0.3, 0.4) is 0 Å². The minimum absolute atomic E-state index is 0.774. The van der Waals surface area contributed by atoms with Crippen LogP contribution in [0.15, 0.2) is 52.3 Å². The zero-order valence-corrected chi connectivity index (χ0v) is 13.0. The normalized spacial score (nSPS) is 14.5. The van der Waals surface area contributed by atoms with Crippen LogP contribution in [0.5, 0.6) is 0 Å². The molecule has 0 amide bonds. The molecule has 104 valence electrons. The molecule has 0 aliphatic heterocycles. The predicted octanol–water partition coefficient (Wildman–Crippen LogP) is 4.71. The van der Waals surface area contributed by atoms with E-state index in [1.807, 2.05) is 11.8 Å². The number of nitrogens with one attached hydrogen (secondary N) is 1. The Labute approximate surface area is 125 Å². The largest absolute Gasteiger partial charge is 0.310 e. The molecule has 1 saturated carbocycles. The maximum atomic E-state index is 3.58. The lowest BCUT2D eigenvalue weighted by atomic mass is 10.1. The van der Waals surface area contributed by atoms with Crippen molar-refractivity contribution >= 4 is 11.8 Å². The number of rotatable bonds is 5. The van der Waals surface area contributed by atoms with E-state index >= 15 is 0 Å². The molecule has 0 aromatic heterocycles. The van der Waals surface area contributed by atoms with Gasteiger partial charge in [-0.3, -0.25) is 0 Å². The summed E-state index contributed by atoms with van der Waals surface area (Å²) in [7, 11) is 0. The van der Waals surface area contributed by atoms with Gasteiger partial charge in [0.2, 0.25) is 0 Å². The molecule has 1 N–H and O–H groups in total. The third-order valence-corrected chi connectivity index (χ3v) is 4.73. The summed E-state index contributed by atoms with van der Waals surface area (Å²) < 4.78 is 0. The molecule has 2 heteroatoms. The highest BCUT2D eigenvalue weighted by atomic mass is 32.2. The Bertz CT molecular complexity index is 585. The van der Waals surface area contributed by atoms with Gasteiger partial charge in [0.1, 0.15) is 0 Å². The van der Waals surface area contributed by atoms with E-state index in [4.69, 9.17) is 0 Å². The maximum Gasteiger partial charge on any atom is 0.0210 e. The van der Waals surface area contributed by atoms with Crippen molar-refractivity contribution in [3.05, 3.63) is 59.2 Å². The van der Waals surface area contributed by atoms with Crippen molar-refractivity contribution in [1.82, 2.24) is 5.32 Å². The van der Waals surface area contributed by atoms with Crippen LogP contribution in [-0.4, -0.2) is 6.04 Å². The molecule has 0 atom stereocenters. The third-order valence-electron chi connectivity index (χ3n) is 3.73. The molecule has 0 saturated heterocycles. The first-order valence-electron chi connectivity index (χ1n) is 7.28. The molecule has 1 aliphatic rings. The molecule has 2 aromatic rings. The van der Waals surface area contributed by atoms with Crippen LogP contribution < -0.4 is 5.32 Å². The average molecular weight is 283 g/mol. The summed E-state index contributed by atoms with van der Waals surface area (Å²) in [6, 6.07) is 16.3. The van der Waals surface area contributed by atoms with Gasteiger partial charge in [0.15, 0.2) is 0 Å². The van der Waals surface area contributed by atoms with Gasteiger partial charge in [0.25, 0.3) is 0 Å². The molecule has 1 fully saturated rings. The van der Waals surface area contributed by atoms with Crippen molar-refractivity contribution in [1.29, 1.82) is 0 Å². The van der Waals surface area contributed by atoms with Crippen molar-refractivity contribution in [3.63, 3.8) is 0 Å². The Morgan fingerprint density at radius 2 is 1.70 bits per heavy atom. The summed E-state index contributed by atoms with van der Waals surface area (Å²) in [6.45, 7) is 5.34. The minimum Gasteiger partial charge on any atom is -0.310 e. The molecule has 20 heavy (non-hydrogen) atoms. The third kappa shape index (κ3) is 3.65. The predicted molar refractivity (Wildman–Crippen MR) is 86.3 cm³/mol. The summed E-state index contributed by atoms with van der Waals surface area (Å²) in [6.07, 6.45) is 2.70. The number of hydrogen-bond acceptors (Lipinski definition) is 2. The first-order valence-corrected chi connectivity index (χ1v) is 8.10. The molecule has 1 nitrogen and oxygen atoms in total. The highest BCUT2D eigenvalue weighted by Crippen LogP contribution is 2.29. The standard InChI is InChI=1S/C18H21NS/c1-13-3-8-17(9-4-13)20-18-10-5-15(14(2)11-18)12-19-16-6-7-16/h3-5,8-11,16,19H,6-7,12H2,1-2H3. The maximum absolute atomic E-state index is 3.58. The summed E-state index contributed by atoms with van der Waals surface area (Å²) in [5.41, 5.74) is 4.12.